The molecule has 2 aromatic carbocycles. The number of hydroxylamine groups is 2. The summed E-state index contributed by atoms with van der Waals surface area (Å²) < 4.78 is 49.7. The van der Waals surface area contributed by atoms with Crippen molar-refractivity contribution in [2.24, 2.45) is 0 Å². The van der Waals surface area contributed by atoms with Gasteiger partial charge in [-0.1, -0.05) is 0 Å². The van der Waals surface area contributed by atoms with Crippen LogP contribution in [0.15, 0.2) is 46.2 Å². The molecule has 2 aromatic rings. The van der Waals surface area contributed by atoms with E-state index in [4.69, 9.17) is 9.68 Å². The first-order valence-electron chi connectivity index (χ1n) is 10.3. The Hall–Kier alpha value is -2.99. The maximum Gasteiger partial charge on any atom is 0.193 e. The molecule has 9 nitrogen and oxygen atoms in total. The predicted octanol–water partition coefficient (Wildman–Crippen LogP) is 2.09. The molecule has 2 aliphatic heterocycles. The fourth-order valence-corrected chi connectivity index (χ4v) is 6.07. The van der Waals surface area contributed by atoms with Crippen molar-refractivity contribution < 1.29 is 31.3 Å². The van der Waals surface area contributed by atoms with E-state index in [1.807, 2.05) is 0 Å². The molecule has 0 atom stereocenters. The van der Waals surface area contributed by atoms with Crippen LogP contribution in [0.4, 0.5) is 0 Å². The Bertz CT molecular complexity index is 1380. The minimum Gasteiger partial charge on any atom is -0.289 e. The van der Waals surface area contributed by atoms with E-state index in [1.165, 1.54) is 24.3 Å². The first kappa shape index (κ1) is 24.1. The van der Waals surface area contributed by atoms with Gasteiger partial charge in [0, 0.05) is 34.8 Å². The number of nitrogens with one attached hydrogen (secondary N) is 2. The molecular weight excluding hydrogens is 480 g/mol. The van der Waals surface area contributed by atoms with Crippen LogP contribution >= 0.6 is 0 Å². The molecule has 0 saturated carbocycles. The third-order valence-electron chi connectivity index (χ3n) is 5.79. The maximum atomic E-state index is 13.7. The summed E-state index contributed by atoms with van der Waals surface area (Å²) in [6, 6.07) is 5.77. The quantitative estimate of drug-likeness (QED) is 0.568. The number of ketones is 1. The van der Waals surface area contributed by atoms with Gasteiger partial charge in [0.1, 0.15) is 0 Å². The Labute approximate surface area is 198 Å². The van der Waals surface area contributed by atoms with Gasteiger partial charge < -0.3 is 0 Å². The second-order valence-electron chi connectivity index (χ2n) is 8.16. The molecule has 0 aliphatic carbocycles. The van der Waals surface area contributed by atoms with Gasteiger partial charge in [-0.25, -0.2) is 16.8 Å². The predicted molar refractivity (Wildman–Crippen MR) is 126 cm³/mol. The minimum absolute atomic E-state index is 0.0769. The van der Waals surface area contributed by atoms with Gasteiger partial charge in [-0.15, -0.1) is 0 Å². The van der Waals surface area contributed by atoms with Gasteiger partial charge in [0.15, 0.2) is 25.5 Å². The van der Waals surface area contributed by atoms with Crippen LogP contribution in [-0.2, 0) is 29.3 Å². The summed E-state index contributed by atoms with van der Waals surface area (Å²) in [4.78, 5) is 24.2. The smallest absolute Gasteiger partial charge is 0.193 e. The van der Waals surface area contributed by atoms with Gasteiger partial charge in [-0.2, -0.15) is 0 Å². The lowest BCUT2D eigenvalue weighted by Crippen LogP contribution is -2.16. The van der Waals surface area contributed by atoms with Crippen LogP contribution in [0.2, 0.25) is 0 Å². The van der Waals surface area contributed by atoms with E-state index in [2.05, 4.69) is 11.0 Å². The Morgan fingerprint density at radius 2 is 1.12 bits per heavy atom. The Kier molecular flexibility index (Phi) is 6.15. The van der Waals surface area contributed by atoms with Crippen molar-refractivity contribution in [3.63, 3.8) is 0 Å². The largest absolute Gasteiger partial charge is 0.289 e. The second-order valence-corrected chi connectivity index (χ2v) is 12.1. The van der Waals surface area contributed by atoms with Crippen LogP contribution in [0.1, 0.15) is 38.2 Å². The molecule has 0 aromatic heterocycles. The van der Waals surface area contributed by atoms with Crippen molar-refractivity contribution in [2.45, 2.75) is 23.6 Å². The van der Waals surface area contributed by atoms with E-state index in [0.717, 1.165) is 12.5 Å². The molecule has 34 heavy (non-hydrogen) atoms. The lowest BCUT2D eigenvalue weighted by atomic mass is 9.90. The Morgan fingerprint density at radius 1 is 0.735 bits per heavy atom. The number of benzene rings is 2. The second kappa shape index (κ2) is 8.66. The molecule has 0 fully saturated rings. The number of hydrogen-bond donors (Lipinski definition) is 2. The number of rotatable bonds is 6. The summed E-state index contributed by atoms with van der Waals surface area (Å²) >= 11 is 0. The van der Waals surface area contributed by atoms with E-state index < -0.39 is 19.7 Å². The highest BCUT2D eigenvalue weighted by atomic mass is 32.2. The van der Waals surface area contributed by atoms with Crippen molar-refractivity contribution in [1.29, 1.82) is 0 Å². The molecule has 0 unspecified atom stereocenters. The van der Waals surface area contributed by atoms with Gasteiger partial charge in [0.05, 0.1) is 34.4 Å². The topological polar surface area (TPSA) is 128 Å². The summed E-state index contributed by atoms with van der Waals surface area (Å²) in [6.45, 7) is 3.87. The lowest BCUT2D eigenvalue weighted by molar-refractivity contribution is 0.103. The highest BCUT2D eigenvalue weighted by Crippen LogP contribution is 2.34. The summed E-state index contributed by atoms with van der Waals surface area (Å²) in [5, 5.41) is 0. The lowest BCUT2D eigenvalue weighted by Gasteiger charge is -2.19. The zero-order valence-corrected chi connectivity index (χ0v) is 20.7. The first-order chi connectivity index (χ1) is 15.9. The molecule has 2 heterocycles. The average Bonchev–Trinajstić information content (AvgIpc) is 3.45. The molecule has 0 saturated heterocycles. The summed E-state index contributed by atoms with van der Waals surface area (Å²) in [7, 11) is -7.18. The fraction of sp³-hybridized carbons (Fsp3) is 0.261. The third-order valence-corrected chi connectivity index (χ3v) is 8.06. The van der Waals surface area contributed by atoms with Crippen LogP contribution in [0.3, 0.4) is 0 Å². The molecule has 11 heteroatoms. The van der Waals surface area contributed by atoms with Gasteiger partial charge in [-0.05, 0) is 61.4 Å². The summed E-state index contributed by atoms with van der Waals surface area (Å²) in [5.41, 5.74) is 8.59. The molecule has 2 N–H and O–H groups in total. The van der Waals surface area contributed by atoms with Crippen LogP contribution in [0, 0.1) is 13.8 Å². The van der Waals surface area contributed by atoms with Crippen LogP contribution in [0.25, 0.3) is 11.4 Å². The van der Waals surface area contributed by atoms with E-state index in [1.54, 1.807) is 26.0 Å². The van der Waals surface area contributed by atoms with Crippen molar-refractivity contribution in [2.75, 3.05) is 25.7 Å². The third kappa shape index (κ3) is 4.27. The van der Waals surface area contributed by atoms with E-state index in [0.29, 0.717) is 44.8 Å². The maximum absolute atomic E-state index is 13.7. The SMILES string of the molecule is Cc1c(C(=O)c2ccc(S(C)(=O)=O)c(C3=CCON3)c2C)ccc(S(C)(=O)=O)c1C1=CCON1. The van der Waals surface area contributed by atoms with Gasteiger partial charge in [-0.3, -0.25) is 25.4 Å². The van der Waals surface area contributed by atoms with E-state index >= 15 is 0 Å². The van der Waals surface area contributed by atoms with Crippen molar-refractivity contribution >= 4 is 36.9 Å². The summed E-state index contributed by atoms with van der Waals surface area (Å²) in [5.74, 6) is -0.364. The van der Waals surface area contributed by atoms with Gasteiger partial charge in [0.25, 0.3) is 0 Å². The highest BCUT2D eigenvalue weighted by Gasteiger charge is 2.28. The van der Waals surface area contributed by atoms with Crippen LogP contribution < -0.4 is 11.0 Å². The van der Waals surface area contributed by atoms with E-state index in [-0.39, 0.29) is 28.8 Å². The van der Waals surface area contributed by atoms with Crippen LogP contribution in [0.5, 0.6) is 0 Å². The molecule has 4 rings (SSSR count). The minimum atomic E-state index is -3.59. The molecule has 0 spiro atoms. The normalized spacial score (nSPS) is 16.0. The van der Waals surface area contributed by atoms with Crippen molar-refractivity contribution in [1.82, 2.24) is 11.0 Å². The van der Waals surface area contributed by atoms with Crippen LogP contribution in [-0.4, -0.2) is 48.3 Å². The Morgan fingerprint density at radius 3 is 1.41 bits per heavy atom. The monoisotopic (exact) mass is 504 g/mol. The first-order valence-corrected chi connectivity index (χ1v) is 14.1. The Balaban J connectivity index is 1.92. The average molecular weight is 505 g/mol. The molecule has 0 amide bonds. The molecular formula is C23H24N2O7S2. The zero-order chi connectivity index (χ0) is 24.8. The van der Waals surface area contributed by atoms with E-state index in [9.17, 15) is 21.6 Å². The molecule has 0 bridgehead atoms. The fourth-order valence-electron chi connectivity index (χ4n) is 4.18. The number of carbonyl (C=O) groups excluding carboxylic acids is 1. The molecule has 180 valence electrons. The standard InChI is InChI=1S/C23H24N2O7S2/c1-13-15(5-7-19(33(3,27)28)21(13)17-9-11-31-24-17)23(26)16-6-8-20(34(4,29)30)22(14(16)2)18-10-12-32-25-18/h5-10,24-25H,11-12H2,1-4H3. The molecule has 2 aliphatic rings. The number of carbonyl (C=O) groups is 1. The van der Waals surface area contributed by atoms with Gasteiger partial charge in [0.2, 0.25) is 0 Å². The highest BCUT2D eigenvalue weighted by molar-refractivity contribution is 7.91. The number of hydrogen-bond acceptors (Lipinski definition) is 9. The van der Waals surface area contributed by atoms with Gasteiger partial charge >= 0.3 is 0 Å². The van der Waals surface area contributed by atoms with Crippen molar-refractivity contribution in [3.05, 3.63) is 69.8 Å². The summed E-state index contributed by atoms with van der Waals surface area (Å²) in [6.07, 6.45) is 5.61. The number of sulfone groups is 2. The zero-order valence-electron chi connectivity index (χ0n) is 19.1. The van der Waals surface area contributed by atoms with Crippen molar-refractivity contribution in [3.8, 4) is 0 Å². The molecule has 0 radical (unpaired) electrons.